The van der Waals surface area contributed by atoms with Crippen molar-refractivity contribution in [2.24, 2.45) is 11.8 Å². The smallest absolute Gasteiger partial charge is 0.336 e. The van der Waals surface area contributed by atoms with Crippen LogP contribution in [0.25, 0.3) is 15.9 Å². The number of thiophene rings is 1. The first-order valence-corrected chi connectivity index (χ1v) is 10.9. The van der Waals surface area contributed by atoms with Crippen LogP contribution < -0.4 is 11.2 Å². The fourth-order valence-electron chi connectivity index (χ4n) is 4.42. The molecular formula is C22H24FN3O3S. The van der Waals surface area contributed by atoms with Crippen LogP contribution >= 0.6 is 11.3 Å². The van der Waals surface area contributed by atoms with Crippen molar-refractivity contribution in [1.29, 1.82) is 0 Å². The normalized spacial score (nSPS) is 19.4. The third kappa shape index (κ3) is 3.60. The molecule has 1 fully saturated rings. The van der Waals surface area contributed by atoms with Gasteiger partial charge in [0, 0.05) is 13.1 Å². The van der Waals surface area contributed by atoms with E-state index in [0.717, 1.165) is 11.0 Å². The van der Waals surface area contributed by atoms with Gasteiger partial charge < -0.3 is 4.90 Å². The summed E-state index contributed by atoms with van der Waals surface area (Å²) < 4.78 is 16.4. The molecule has 0 spiro atoms. The summed E-state index contributed by atoms with van der Waals surface area (Å²) in [5.74, 6) is 0.243. The van der Waals surface area contributed by atoms with Gasteiger partial charge in [-0.3, -0.25) is 14.2 Å². The Morgan fingerprint density at radius 1 is 1.17 bits per heavy atom. The third-order valence-electron chi connectivity index (χ3n) is 5.67. The monoisotopic (exact) mass is 429 g/mol. The van der Waals surface area contributed by atoms with Crippen molar-refractivity contribution in [1.82, 2.24) is 14.0 Å². The molecule has 2 atom stereocenters. The standard InChI is InChI=1S/C22H24FN3O3S/c1-13-8-14(2)11-24(10-13)19(27)12-25-18-6-7-30-20(18)21(28)26(22(25)29)17-5-4-16(23)9-15(17)3/h4-7,9,13-14H,8,10-12H2,1-3H3/t13-,14-/m0/s1. The molecule has 8 heteroatoms. The van der Waals surface area contributed by atoms with E-state index in [2.05, 4.69) is 13.8 Å². The Kier molecular flexibility index (Phi) is 5.36. The maximum absolute atomic E-state index is 13.6. The summed E-state index contributed by atoms with van der Waals surface area (Å²) in [5.41, 5.74) is 0.206. The molecule has 0 N–H and O–H groups in total. The highest BCUT2D eigenvalue weighted by Crippen LogP contribution is 2.22. The van der Waals surface area contributed by atoms with Gasteiger partial charge in [0.25, 0.3) is 5.56 Å². The maximum atomic E-state index is 13.6. The molecule has 2 aromatic heterocycles. The minimum atomic E-state index is -0.591. The molecule has 0 aliphatic carbocycles. The van der Waals surface area contributed by atoms with Crippen LogP contribution in [0.5, 0.6) is 0 Å². The fourth-order valence-corrected chi connectivity index (χ4v) is 5.25. The number of piperidine rings is 1. The van der Waals surface area contributed by atoms with E-state index in [4.69, 9.17) is 0 Å². The van der Waals surface area contributed by atoms with Gasteiger partial charge in [-0.05, 0) is 60.4 Å². The van der Waals surface area contributed by atoms with Crippen molar-refractivity contribution in [3.05, 3.63) is 61.9 Å². The Hall–Kier alpha value is -2.74. The van der Waals surface area contributed by atoms with Crippen molar-refractivity contribution in [2.45, 2.75) is 33.7 Å². The van der Waals surface area contributed by atoms with E-state index in [1.165, 1.54) is 34.1 Å². The molecule has 0 saturated carbocycles. The Morgan fingerprint density at radius 3 is 2.53 bits per heavy atom. The number of amides is 1. The first-order chi connectivity index (χ1) is 14.3. The van der Waals surface area contributed by atoms with Crippen LogP contribution in [0.2, 0.25) is 0 Å². The zero-order valence-electron chi connectivity index (χ0n) is 17.2. The van der Waals surface area contributed by atoms with Gasteiger partial charge in [-0.25, -0.2) is 13.8 Å². The van der Waals surface area contributed by atoms with Crippen LogP contribution in [0.15, 0.2) is 39.2 Å². The van der Waals surface area contributed by atoms with E-state index in [-0.39, 0.29) is 12.5 Å². The van der Waals surface area contributed by atoms with Gasteiger partial charge >= 0.3 is 5.69 Å². The Balaban J connectivity index is 1.82. The van der Waals surface area contributed by atoms with Gasteiger partial charge in [-0.1, -0.05) is 13.8 Å². The molecule has 1 aliphatic rings. The van der Waals surface area contributed by atoms with E-state index in [0.29, 0.717) is 46.4 Å². The van der Waals surface area contributed by atoms with E-state index in [1.807, 2.05) is 4.90 Å². The maximum Gasteiger partial charge on any atom is 0.336 e. The van der Waals surface area contributed by atoms with Crippen LogP contribution in [-0.4, -0.2) is 33.0 Å². The molecule has 0 unspecified atom stereocenters. The highest BCUT2D eigenvalue weighted by atomic mass is 32.1. The molecule has 6 nitrogen and oxygen atoms in total. The van der Waals surface area contributed by atoms with Gasteiger partial charge in [0.2, 0.25) is 5.91 Å². The summed E-state index contributed by atoms with van der Waals surface area (Å²) in [6, 6.07) is 5.62. The second-order valence-corrected chi connectivity index (χ2v) is 9.24. The molecule has 3 heterocycles. The lowest BCUT2D eigenvalue weighted by atomic mass is 9.92. The summed E-state index contributed by atoms with van der Waals surface area (Å²) >= 11 is 1.23. The lowest BCUT2D eigenvalue weighted by Crippen LogP contribution is -2.46. The number of likely N-dealkylation sites (tertiary alicyclic amines) is 1. The van der Waals surface area contributed by atoms with Gasteiger partial charge in [0.05, 0.1) is 11.2 Å². The summed E-state index contributed by atoms with van der Waals surface area (Å²) in [6.07, 6.45) is 1.08. The second-order valence-electron chi connectivity index (χ2n) is 8.32. The van der Waals surface area contributed by atoms with Gasteiger partial charge in [0.15, 0.2) is 0 Å². The van der Waals surface area contributed by atoms with Crippen LogP contribution in [0, 0.1) is 24.6 Å². The number of fused-ring (bicyclic) bond motifs is 1. The number of aryl methyl sites for hydroxylation is 1. The molecule has 1 aliphatic heterocycles. The summed E-state index contributed by atoms with van der Waals surface area (Å²) in [5, 5.41) is 1.74. The first kappa shape index (κ1) is 20.5. The van der Waals surface area contributed by atoms with E-state index in [9.17, 15) is 18.8 Å². The fraction of sp³-hybridized carbons (Fsp3) is 0.409. The van der Waals surface area contributed by atoms with E-state index >= 15 is 0 Å². The molecule has 3 aromatic rings. The Labute approximate surface area is 177 Å². The number of rotatable bonds is 3. The highest BCUT2D eigenvalue weighted by molar-refractivity contribution is 7.17. The van der Waals surface area contributed by atoms with E-state index in [1.54, 1.807) is 18.4 Å². The number of carbonyl (C=O) groups is 1. The molecule has 4 rings (SSSR count). The molecule has 158 valence electrons. The van der Waals surface area contributed by atoms with Crippen LogP contribution in [0.4, 0.5) is 4.39 Å². The molecular weight excluding hydrogens is 405 g/mol. The zero-order chi connectivity index (χ0) is 21.6. The van der Waals surface area contributed by atoms with Crippen molar-refractivity contribution >= 4 is 27.5 Å². The number of aromatic nitrogens is 2. The van der Waals surface area contributed by atoms with Crippen molar-refractivity contribution in [3.63, 3.8) is 0 Å². The van der Waals surface area contributed by atoms with Crippen LogP contribution in [-0.2, 0) is 11.3 Å². The molecule has 1 aromatic carbocycles. The predicted octanol–water partition coefficient (Wildman–Crippen LogP) is 3.17. The zero-order valence-corrected chi connectivity index (χ0v) is 18.0. The summed E-state index contributed by atoms with van der Waals surface area (Å²) in [7, 11) is 0. The van der Waals surface area contributed by atoms with Crippen molar-refractivity contribution in [2.75, 3.05) is 13.1 Å². The number of hydrogen-bond acceptors (Lipinski definition) is 4. The predicted molar refractivity (Wildman–Crippen MR) is 116 cm³/mol. The number of carbonyl (C=O) groups excluding carboxylic acids is 1. The average Bonchev–Trinajstić information content (AvgIpc) is 3.16. The molecule has 0 radical (unpaired) electrons. The van der Waals surface area contributed by atoms with Crippen molar-refractivity contribution < 1.29 is 9.18 Å². The highest BCUT2D eigenvalue weighted by Gasteiger charge is 2.27. The number of hydrogen-bond donors (Lipinski definition) is 0. The van der Waals surface area contributed by atoms with Crippen molar-refractivity contribution in [3.8, 4) is 5.69 Å². The molecule has 30 heavy (non-hydrogen) atoms. The lowest BCUT2D eigenvalue weighted by molar-refractivity contribution is -0.134. The lowest BCUT2D eigenvalue weighted by Gasteiger charge is -2.35. The number of halogens is 1. The average molecular weight is 430 g/mol. The Bertz CT molecular complexity index is 1230. The largest absolute Gasteiger partial charge is 0.341 e. The van der Waals surface area contributed by atoms with Crippen LogP contribution in [0.1, 0.15) is 25.8 Å². The third-order valence-corrected chi connectivity index (χ3v) is 6.56. The molecule has 0 bridgehead atoms. The minimum absolute atomic E-state index is 0.133. The quantitative estimate of drug-likeness (QED) is 0.643. The van der Waals surface area contributed by atoms with Gasteiger partial charge in [0.1, 0.15) is 17.1 Å². The number of benzene rings is 1. The molecule has 1 saturated heterocycles. The minimum Gasteiger partial charge on any atom is -0.341 e. The van der Waals surface area contributed by atoms with Gasteiger partial charge in [-0.15, -0.1) is 11.3 Å². The first-order valence-electron chi connectivity index (χ1n) is 10.0. The number of nitrogens with zero attached hydrogens (tertiary/aromatic N) is 3. The van der Waals surface area contributed by atoms with Gasteiger partial charge in [-0.2, -0.15) is 0 Å². The SMILES string of the molecule is Cc1cc(F)ccc1-n1c(=O)c2sccc2n(CC(=O)N2C[C@@H](C)C[C@H](C)C2)c1=O. The summed E-state index contributed by atoms with van der Waals surface area (Å²) in [6.45, 7) is 7.09. The van der Waals surface area contributed by atoms with Crippen LogP contribution in [0.3, 0.4) is 0 Å². The second kappa shape index (κ2) is 7.83. The van der Waals surface area contributed by atoms with E-state index < -0.39 is 17.1 Å². The summed E-state index contributed by atoms with van der Waals surface area (Å²) in [4.78, 5) is 41.3. The Morgan fingerprint density at radius 2 is 1.87 bits per heavy atom. The topological polar surface area (TPSA) is 64.3 Å². The molecule has 1 amide bonds.